The second kappa shape index (κ2) is 4.29. The molecule has 1 aliphatic heterocycles. The normalized spacial score (nSPS) is 29.9. The van der Waals surface area contributed by atoms with Crippen LogP contribution >= 0.6 is 0 Å². The van der Waals surface area contributed by atoms with Crippen LogP contribution in [0.4, 0.5) is 0 Å². The van der Waals surface area contributed by atoms with Crippen LogP contribution in [-0.4, -0.2) is 30.6 Å². The van der Waals surface area contributed by atoms with Gasteiger partial charge in [-0.1, -0.05) is 6.92 Å². The molecule has 1 aliphatic rings. The second-order valence-corrected chi connectivity index (χ2v) is 5.16. The Hall–Kier alpha value is -0.590. The van der Waals surface area contributed by atoms with Gasteiger partial charge in [0.1, 0.15) is 0 Å². The van der Waals surface area contributed by atoms with Crippen LogP contribution in [-0.2, 0) is 0 Å². The summed E-state index contributed by atoms with van der Waals surface area (Å²) in [6.45, 7) is 9.11. The number of hydrogen-bond donors (Lipinski definition) is 1. The van der Waals surface area contributed by atoms with Gasteiger partial charge in [0.25, 0.3) is 0 Å². The molecule has 0 aliphatic carbocycles. The minimum absolute atomic E-state index is 0.235. The number of rotatable bonds is 2. The van der Waals surface area contributed by atoms with Crippen molar-refractivity contribution in [3.63, 3.8) is 0 Å². The zero-order chi connectivity index (χ0) is 10.8. The Morgan fingerprint density at radius 2 is 2.21 bits per heavy atom. The van der Waals surface area contributed by atoms with Crippen LogP contribution in [0.25, 0.3) is 0 Å². The first-order valence-corrected chi connectivity index (χ1v) is 5.34. The highest BCUT2D eigenvalue weighted by Gasteiger charge is 2.27. The van der Waals surface area contributed by atoms with Crippen molar-refractivity contribution in [2.24, 2.45) is 17.1 Å². The Kier molecular flexibility index (Phi) is 3.52. The molecule has 3 heteroatoms. The molecule has 0 aromatic rings. The van der Waals surface area contributed by atoms with Crippen molar-refractivity contribution in [3.05, 3.63) is 0 Å². The molecule has 0 aromatic heterocycles. The molecule has 3 nitrogen and oxygen atoms in total. The summed E-state index contributed by atoms with van der Waals surface area (Å²) in [7, 11) is 0. The van der Waals surface area contributed by atoms with E-state index in [9.17, 15) is 0 Å². The molecular weight excluding hydrogens is 174 g/mol. The summed E-state index contributed by atoms with van der Waals surface area (Å²) in [5, 5.41) is 8.94. The lowest BCUT2D eigenvalue weighted by molar-refractivity contribution is 0.134. The molecule has 0 radical (unpaired) electrons. The molecule has 1 saturated heterocycles. The number of nitrogens with zero attached hydrogens (tertiary/aromatic N) is 2. The highest BCUT2D eigenvalue weighted by atomic mass is 15.1. The van der Waals surface area contributed by atoms with Gasteiger partial charge in [-0.2, -0.15) is 5.26 Å². The Morgan fingerprint density at radius 3 is 2.71 bits per heavy atom. The smallest absolute Gasteiger partial charge is 0.0697 e. The zero-order valence-electron chi connectivity index (χ0n) is 9.45. The summed E-state index contributed by atoms with van der Waals surface area (Å²) < 4.78 is 0. The van der Waals surface area contributed by atoms with Gasteiger partial charge in [-0.25, -0.2) is 0 Å². The zero-order valence-corrected chi connectivity index (χ0v) is 9.45. The molecule has 0 saturated carbocycles. The topological polar surface area (TPSA) is 53.0 Å². The number of hydrogen-bond acceptors (Lipinski definition) is 3. The molecule has 0 amide bonds. The maximum Gasteiger partial charge on any atom is 0.0697 e. The summed E-state index contributed by atoms with van der Waals surface area (Å²) in [6.07, 6.45) is 1.06. The van der Waals surface area contributed by atoms with Gasteiger partial charge < -0.3 is 10.6 Å². The Bertz CT molecular complexity index is 229. The lowest BCUT2D eigenvalue weighted by Gasteiger charge is -2.37. The monoisotopic (exact) mass is 195 g/mol. The number of piperidine rings is 1. The van der Waals surface area contributed by atoms with Gasteiger partial charge in [-0.05, 0) is 32.7 Å². The van der Waals surface area contributed by atoms with Crippen LogP contribution in [0.5, 0.6) is 0 Å². The lowest BCUT2D eigenvalue weighted by Crippen LogP contribution is -2.48. The Balaban J connectivity index is 2.45. The van der Waals surface area contributed by atoms with Crippen LogP contribution < -0.4 is 5.73 Å². The fourth-order valence-electron chi connectivity index (χ4n) is 1.99. The van der Waals surface area contributed by atoms with Gasteiger partial charge in [0.05, 0.1) is 11.5 Å². The third kappa shape index (κ3) is 2.97. The molecule has 80 valence electrons. The van der Waals surface area contributed by atoms with Crippen molar-refractivity contribution in [3.8, 4) is 6.07 Å². The summed E-state index contributed by atoms with van der Waals surface area (Å²) in [6, 6.07) is 2.69. The molecule has 1 fully saturated rings. The average molecular weight is 195 g/mol. The van der Waals surface area contributed by atoms with Gasteiger partial charge in [0, 0.05) is 19.1 Å². The first kappa shape index (κ1) is 11.5. The number of nitrogens with two attached hydrogens (primary N) is 1. The minimum atomic E-state index is -0.235. The molecular formula is C11H21N3. The molecule has 2 N–H and O–H groups in total. The van der Waals surface area contributed by atoms with E-state index in [4.69, 9.17) is 11.0 Å². The third-order valence-electron chi connectivity index (χ3n) is 2.98. The summed E-state index contributed by atoms with van der Waals surface area (Å²) in [4.78, 5) is 2.36. The third-order valence-corrected chi connectivity index (χ3v) is 2.98. The van der Waals surface area contributed by atoms with E-state index in [2.05, 4.69) is 17.9 Å². The van der Waals surface area contributed by atoms with E-state index in [-0.39, 0.29) is 5.41 Å². The van der Waals surface area contributed by atoms with Gasteiger partial charge in [0.15, 0.2) is 0 Å². The molecule has 0 aromatic carbocycles. The van der Waals surface area contributed by atoms with E-state index in [1.807, 2.05) is 13.8 Å². The number of nitriles is 1. The van der Waals surface area contributed by atoms with Crippen molar-refractivity contribution in [1.29, 1.82) is 5.26 Å². The van der Waals surface area contributed by atoms with Crippen molar-refractivity contribution < 1.29 is 0 Å². The van der Waals surface area contributed by atoms with E-state index in [1.165, 1.54) is 0 Å². The second-order valence-electron chi connectivity index (χ2n) is 5.16. The van der Waals surface area contributed by atoms with Gasteiger partial charge >= 0.3 is 0 Å². The number of likely N-dealkylation sites (tertiary alicyclic amines) is 1. The fraction of sp³-hybridized carbons (Fsp3) is 0.909. The van der Waals surface area contributed by atoms with Gasteiger partial charge in [0.2, 0.25) is 0 Å². The maximum atomic E-state index is 8.94. The molecule has 2 atom stereocenters. The van der Waals surface area contributed by atoms with E-state index in [1.54, 1.807) is 0 Å². The Labute approximate surface area is 86.9 Å². The van der Waals surface area contributed by atoms with E-state index in [0.717, 1.165) is 26.1 Å². The molecule has 0 spiro atoms. The van der Waals surface area contributed by atoms with Crippen LogP contribution in [0, 0.1) is 22.7 Å². The lowest BCUT2D eigenvalue weighted by atomic mass is 9.90. The first-order chi connectivity index (χ1) is 6.44. The molecule has 2 unspecified atom stereocenters. The first-order valence-electron chi connectivity index (χ1n) is 5.34. The predicted molar refractivity (Wildman–Crippen MR) is 57.6 cm³/mol. The standard InChI is InChI=1S/C11H21N3/c1-9-6-14(5-4-10(9)13)8-11(2,3)7-12/h9-10H,4-6,8,13H2,1-3H3. The van der Waals surface area contributed by atoms with Crippen molar-refractivity contribution >= 4 is 0 Å². The summed E-state index contributed by atoms with van der Waals surface area (Å²) in [5.74, 6) is 0.554. The maximum absolute atomic E-state index is 8.94. The molecule has 1 rings (SSSR count). The van der Waals surface area contributed by atoms with Crippen LogP contribution in [0.2, 0.25) is 0 Å². The average Bonchev–Trinajstić information content (AvgIpc) is 2.11. The van der Waals surface area contributed by atoms with Crippen LogP contribution in [0.1, 0.15) is 27.2 Å². The Morgan fingerprint density at radius 1 is 1.57 bits per heavy atom. The fourth-order valence-corrected chi connectivity index (χ4v) is 1.99. The highest BCUT2D eigenvalue weighted by Crippen LogP contribution is 2.20. The van der Waals surface area contributed by atoms with Gasteiger partial charge in [-0.3, -0.25) is 0 Å². The molecule has 1 heterocycles. The molecule has 0 bridgehead atoms. The van der Waals surface area contributed by atoms with Gasteiger partial charge in [-0.15, -0.1) is 0 Å². The quantitative estimate of drug-likeness (QED) is 0.720. The summed E-state index contributed by atoms with van der Waals surface area (Å²) in [5.41, 5.74) is 5.71. The van der Waals surface area contributed by atoms with Crippen LogP contribution in [0.3, 0.4) is 0 Å². The summed E-state index contributed by atoms with van der Waals surface area (Å²) >= 11 is 0. The van der Waals surface area contributed by atoms with E-state index in [0.29, 0.717) is 12.0 Å². The van der Waals surface area contributed by atoms with E-state index >= 15 is 0 Å². The highest BCUT2D eigenvalue weighted by molar-refractivity contribution is 4.95. The largest absolute Gasteiger partial charge is 0.327 e. The minimum Gasteiger partial charge on any atom is -0.327 e. The van der Waals surface area contributed by atoms with Crippen LogP contribution in [0.15, 0.2) is 0 Å². The molecule has 14 heavy (non-hydrogen) atoms. The van der Waals surface area contributed by atoms with Crippen molar-refractivity contribution in [1.82, 2.24) is 4.90 Å². The van der Waals surface area contributed by atoms with E-state index < -0.39 is 0 Å². The SMILES string of the molecule is CC1CN(CC(C)(C)C#N)CCC1N. The van der Waals surface area contributed by atoms with Crippen molar-refractivity contribution in [2.45, 2.75) is 33.2 Å². The van der Waals surface area contributed by atoms with Crippen molar-refractivity contribution in [2.75, 3.05) is 19.6 Å². The predicted octanol–water partition coefficient (Wildman–Crippen LogP) is 1.21.